The van der Waals surface area contributed by atoms with Crippen LogP contribution in [0.25, 0.3) is 0 Å². The number of imidazole rings is 1. The minimum absolute atomic E-state index is 0.0269. The number of carboxylic acids is 2. The van der Waals surface area contributed by atoms with Crippen LogP contribution < -0.4 is 5.32 Å². The number of H-pyrrole nitrogens is 1. The number of halogens is 12. The van der Waals surface area contributed by atoms with Crippen molar-refractivity contribution in [3.05, 3.63) is 17.7 Å². The minimum Gasteiger partial charge on any atom is -0.475 e. The largest absolute Gasteiger partial charge is 0.490 e. The molecule has 4 N–H and O–H groups in total. The summed E-state index contributed by atoms with van der Waals surface area (Å²) in [5.74, 6) is -6.33. The number of likely N-dealkylation sites (tertiary alicyclic amines) is 1. The molecule has 11 nitrogen and oxygen atoms in total. The lowest BCUT2D eigenvalue weighted by Gasteiger charge is -2.37. The van der Waals surface area contributed by atoms with Gasteiger partial charge in [-0.05, 0) is 19.4 Å². The zero-order valence-corrected chi connectivity index (χ0v) is 20.4. The van der Waals surface area contributed by atoms with Crippen molar-refractivity contribution in [2.24, 2.45) is 5.16 Å². The molecule has 1 aromatic rings. The second kappa shape index (κ2) is 13.5. The number of aliphatic carboxylic acids is 2. The molecule has 3 heterocycles. The predicted molar refractivity (Wildman–Crippen MR) is 110 cm³/mol. The Morgan fingerprint density at radius 2 is 1.50 bits per heavy atom. The van der Waals surface area contributed by atoms with Crippen LogP contribution in [0.4, 0.5) is 52.7 Å². The van der Waals surface area contributed by atoms with Gasteiger partial charge in [-0.25, -0.2) is 14.6 Å². The Labute approximate surface area is 225 Å². The van der Waals surface area contributed by atoms with Gasteiger partial charge in [0.15, 0.2) is 5.60 Å². The van der Waals surface area contributed by atoms with E-state index < -0.39 is 60.4 Å². The number of piperidine rings is 1. The molecule has 3 rings (SSSR count). The summed E-state index contributed by atoms with van der Waals surface area (Å²) in [6.45, 7) is -0.530. The van der Waals surface area contributed by atoms with Crippen molar-refractivity contribution in [3.8, 4) is 0 Å². The van der Waals surface area contributed by atoms with Gasteiger partial charge in [-0.3, -0.25) is 9.69 Å². The van der Waals surface area contributed by atoms with Crippen molar-refractivity contribution >= 4 is 23.6 Å². The summed E-state index contributed by atoms with van der Waals surface area (Å²) in [7, 11) is 0. The van der Waals surface area contributed by atoms with Gasteiger partial charge < -0.3 is 25.4 Å². The predicted octanol–water partition coefficient (Wildman–Crippen LogP) is 3.48. The van der Waals surface area contributed by atoms with Gasteiger partial charge in [-0.2, -0.15) is 52.7 Å². The van der Waals surface area contributed by atoms with E-state index >= 15 is 0 Å². The summed E-state index contributed by atoms with van der Waals surface area (Å²) in [5, 5.41) is 19.6. The zero-order valence-electron chi connectivity index (χ0n) is 20.4. The third-order valence-corrected chi connectivity index (χ3v) is 4.96. The summed E-state index contributed by atoms with van der Waals surface area (Å²) in [6.07, 6.45) is -17.3. The maximum Gasteiger partial charge on any atom is 0.490 e. The van der Waals surface area contributed by atoms with E-state index in [1.807, 2.05) is 0 Å². The maximum atomic E-state index is 12.6. The first kappa shape index (κ1) is 36.2. The summed E-state index contributed by atoms with van der Waals surface area (Å²) >= 11 is 0. The molecule has 42 heavy (non-hydrogen) atoms. The molecule has 0 bridgehead atoms. The number of carbonyl (C=O) groups is 3. The van der Waals surface area contributed by atoms with E-state index in [0.29, 0.717) is 25.6 Å². The fraction of sp³-hybridized carbons (Fsp3) is 0.632. The first-order valence-electron chi connectivity index (χ1n) is 10.9. The normalized spacial score (nSPS) is 19.5. The topological polar surface area (TPSA) is 157 Å². The summed E-state index contributed by atoms with van der Waals surface area (Å²) in [5.41, 5.74) is -1.97. The van der Waals surface area contributed by atoms with Gasteiger partial charge in [-0.15, -0.1) is 0 Å². The number of nitrogens with zero attached hydrogens (tertiary/aromatic N) is 3. The number of oxime groups is 1. The van der Waals surface area contributed by atoms with Crippen LogP contribution in [0.15, 0.2) is 11.4 Å². The van der Waals surface area contributed by atoms with E-state index in [9.17, 15) is 57.5 Å². The Balaban J connectivity index is 0.000000522. The smallest absolute Gasteiger partial charge is 0.475 e. The van der Waals surface area contributed by atoms with Crippen molar-refractivity contribution < 1.29 is 82.1 Å². The van der Waals surface area contributed by atoms with Crippen LogP contribution in [-0.4, -0.2) is 92.4 Å². The molecular weight excluding hydrogens is 622 g/mol. The highest BCUT2D eigenvalue weighted by atomic mass is 19.4. The number of carboxylic acid groups (broad SMARTS) is 2. The number of alkyl halides is 12. The zero-order chi connectivity index (χ0) is 32.7. The summed E-state index contributed by atoms with van der Waals surface area (Å²) in [6, 6.07) is 0. The number of amides is 1. The van der Waals surface area contributed by atoms with Crippen LogP contribution in [-0.2, 0) is 31.9 Å². The fourth-order valence-corrected chi connectivity index (χ4v) is 3.27. The van der Waals surface area contributed by atoms with Crippen LogP contribution >= 0.6 is 0 Å². The van der Waals surface area contributed by atoms with E-state index in [0.717, 1.165) is 0 Å². The van der Waals surface area contributed by atoms with Crippen molar-refractivity contribution in [2.75, 3.05) is 19.6 Å². The van der Waals surface area contributed by atoms with Crippen molar-refractivity contribution in [2.45, 2.75) is 56.1 Å². The lowest BCUT2D eigenvalue weighted by molar-refractivity contribution is -0.193. The average molecular weight is 641 g/mol. The molecule has 2 aliphatic heterocycles. The molecule has 1 amide bonds. The van der Waals surface area contributed by atoms with Gasteiger partial charge in [0.1, 0.15) is 23.8 Å². The van der Waals surface area contributed by atoms with Crippen LogP contribution in [0.2, 0.25) is 0 Å². The molecule has 1 saturated heterocycles. The van der Waals surface area contributed by atoms with Gasteiger partial charge in [0.2, 0.25) is 0 Å². The number of aromatic nitrogens is 2. The molecule has 0 aliphatic carbocycles. The Kier molecular flexibility index (Phi) is 11.6. The third kappa shape index (κ3) is 12.4. The van der Waals surface area contributed by atoms with Crippen molar-refractivity contribution in [3.63, 3.8) is 0 Å². The van der Waals surface area contributed by atoms with Gasteiger partial charge in [0.25, 0.3) is 5.91 Å². The second-order valence-corrected chi connectivity index (χ2v) is 8.45. The van der Waals surface area contributed by atoms with E-state index in [1.165, 1.54) is 0 Å². The summed E-state index contributed by atoms with van der Waals surface area (Å²) < 4.78 is 138. The quantitative estimate of drug-likeness (QED) is 0.364. The Morgan fingerprint density at radius 3 is 1.93 bits per heavy atom. The lowest BCUT2D eigenvalue weighted by Crippen LogP contribution is -2.49. The second-order valence-electron chi connectivity index (χ2n) is 8.45. The third-order valence-electron chi connectivity index (χ3n) is 4.96. The number of rotatable bonds is 4. The highest BCUT2D eigenvalue weighted by molar-refractivity contribution is 6.39. The van der Waals surface area contributed by atoms with E-state index in [2.05, 4.69) is 15.1 Å². The van der Waals surface area contributed by atoms with E-state index in [1.54, 1.807) is 10.2 Å². The molecule has 0 saturated carbocycles. The number of hydrogen-bond acceptors (Lipinski definition) is 7. The molecule has 0 radical (unpaired) electrons. The molecule has 2 aliphatic rings. The van der Waals surface area contributed by atoms with Gasteiger partial charge in [0.05, 0.1) is 12.7 Å². The van der Waals surface area contributed by atoms with Gasteiger partial charge >= 0.3 is 36.6 Å². The first-order valence-corrected chi connectivity index (χ1v) is 10.9. The number of nitrogens with one attached hydrogen (secondary N) is 2. The summed E-state index contributed by atoms with van der Waals surface area (Å²) in [4.78, 5) is 42.7. The fourth-order valence-electron chi connectivity index (χ4n) is 3.27. The van der Waals surface area contributed by atoms with Gasteiger partial charge in [-0.1, -0.05) is 5.16 Å². The Bertz CT molecular complexity index is 1100. The van der Waals surface area contributed by atoms with Crippen LogP contribution in [0.3, 0.4) is 0 Å². The van der Waals surface area contributed by atoms with Crippen LogP contribution in [0.1, 0.15) is 30.8 Å². The molecule has 1 aromatic heterocycles. The molecule has 1 atom stereocenters. The highest BCUT2D eigenvalue weighted by Gasteiger charge is 2.45. The first-order chi connectivity index (χ1) is 18.8. The standard InChI is InChI=1S/C15H17F6N5O2.2C2HF3O2/c16-14(17,18)7-23-12(27)9-4-13(28-25-9)2-1-3-26(8-13)6-11-22-5-10(24-11)15(19,20)21;2*3-2(4,5)1(6)7/h5H,1-4,6-8H2,(H,22,24)(H,23,27);2*(H,6,7). The highest BCUT2D eigenvalue weighted by Crippen LogP contribution is 2.34. The number of carbonyl (C=O) groups excluding carboxylic acids is 1. The van der Waals surface area contributed by atoms with Crippen molar-refractivity contribution in [1.29, 1.82) is 0 Å². The van der Waals surface area contributed by atoms with Crippen LogP contribution in [0, 0.1) is 0 Å². The van der Waals surface area contributed by atoms with Crippen molar-refractivity contribution in [1.82, 2.24) is 20.2 Å². The molecule has 23 heteroatoms. The minimum atomic E-state index is -5.08. The average Bonchev–Trinajstić information content (AvgIpc) is 3.44. The molecular formula is C19H19F12N5O6. The van der Waals surface area contributed by atoms with Crippen LogP contribution in [0.5, 0.6) is 0 Å². The SMILES string of the molecule is O=C(NCC(F)(F)F)C1=NOC2(CCCN(Cc3ncc(C(F)(F)F)[nH]3)C2)C1.O=C(O)C(F)(F)F.O=C(O)C(F)(F)F. The lowest BCUT2D eigenvalue weighted by atomic mass is 9.88. The molecule has 1 unspecified atom stereocenters. The van der Waals surface area contributed by atoms with E-state index in [-0.39, 0.29) is 31.0 Å². The monoisotopic (exact) mass is 641 g/mol. The van der Waals surface area contributed by atoms with E-state index in [4.69, 9.17) is 24.6 Å². The molecule has 1 fully saturated rings. The number of hydrogen-bond donors (Lipinski definition) is 4. The molecule has 240 valence electrons. The maximum absolute atomic E-state index is 12.6. The molecule has 0 aromatic carbocycles. The Hall–Kier alpha value is -3.79. The van der Waals surface area contributed by atoms with Gasteiger partial charge in [0, 0.05) is 13.0 Å². The number of aromatic amines is 1. The molecule has 1 spiro atoms. The Morgan fingerprint density at radius 1 is 0.976 bits per heavy atom.